The van der Waals surface area contributed by atoms with E-state index in [4.69, 9.17) is 0 Å². The summed E-state index contributed by atoms with van der Waals surface area (Å²) in [5.74, 6) is -1.52. The Balaban J connectivity index is 4.11. The third kappa shape index (κ3) is 4.50. The molecule has 4 nitrogen and oxygen atoms in total. The molecule has 0 aromatic rings. The minimum Gasteiger partial charge on any atom is -0.462 e. The Bertz CT molecular complexity index is 199. The van der Waals surface area contributed by atoms with E-state index in [1.807, 2.05) is 20.8 Å². The zero-order chi connectivity index (χ0) is 10.5. The van der Waals surface area contributed by atoms with Crippen molar-refractivity contribution in [1.82, 2.24) is 5.32 Å². The standard InChI is InChI=1S/C9H17NO3/c1-5-6-9(2,3)10-7(11)8(12)13-4/h5-6H2,1-4H3,(H,10,11). The Morgan fingerprint density at radius 3 is 2.31 bits per heavy atom. The molecule has 0 heterocycles. The molecule has 0 unspecified atom stereocenters. The van der Waals surface area contributed by atoms with Gasteiger partial charge in [0.2, 0.25) is 0 Å². The molecule has 0 atom stereocenters. The minimum atomic E-state index is -0.843. The highest BCUT2D eigenvalue weighted by atomic mass is 16.5. The SMILES string of the molecule is CCCC(C)(C)NC(=O)C(=O)OC. The second-order valence-electron chi connectivity index (χ2n) is 3.58. The van der Waals surface area contributed by atoms with Gasteiger partial charge < -0.3 is 10.1 Å². The first-order valence-corrected chi connectivity index (χ1v) is 4.33. The van der Waals surface area contributed by atoms with Crippen LogP contribution < -0.4 is 5.32 Å². The molecule has 4 heteroatoms. The Morgan fingerprint density at radius 2 is 1.92 bits per heavy atom. The van der Waals surface area contributed by atoms with Crippen LogP contribution in [0.4, 0.5) is 0 Å². The van der Waals surface area contributed by atoms with E-state index in [2.05, 4.69) is 10.1 Å². The van der Waals surface area contributed by atoms with Gasteiger partial charge in [-0.1, -0.05) is 13.3 Å². The molecule has 0 aliphatic carbocycles. The van der Waals surface area contributed by atoms with Gasteiger partial charge in [0.15, 0.2) is 0 Å². The van der Waals surface area contributed by atoms with Gasteiger partial charge in [-0.25, -0.2) is 4.79 Å². The maximum atomic E-state index is 11.1. The number of hydrogen-bond acceptors (Lipinski definition) is 3. The predicted octanol–water partition coefficient (Wildman–Crippen LogP) is 0.854. The summed E-state index contributed by atoms with van der Waals surface area (Å²) in [5.41, 5.74) is -0.347. The molecule has 0 aromatic heterocycles. The van der Waals surface area contributed by atoms with Crippen LogP contribution in [0.25, 0.3) is 0 Å². The Labute approximate surface area is 78.6 Å². The molecule has 0 aromatic carbocycles. The van der Waals surface area contributed by atoms with Crippen LogP contribution in [0.1, 0.15) is 33.6 Å². The van der Waals surface area contributed by atoms with Crippen molar-refractivity contribution >= 4 is 11.9 Å². The molecule has 0 rings (SSSR count). The first-order valence-electron chi connectivity index (χ1n) is 4.33. The van der Waals surface area contributed by atoms with Crippen LogP contribution in [0.3, 0.4) is 0 Å². The van der Waals surface area contributed by atoms with Gasteiger partial charge >= 0.3 is 11.9 Å². The van der Waals surface area contributed by atoms with E-state index in [0.29, 0.717) is 0 Å². The van der Waals surface area contributed by atoms with E-state index >= 15 is 0 Å². The fourth-order valence-electron chi connectivity index (χ4n) is 1.14. The summed E-state index contributed by atoms with van der Waals surface area (Å²) < 4.78 is 4.29. The smallest absolute Gasteiger partial charge is 0.396 e. The third-order valence-corrected chi connectivity index (χ3v) is 1.70. The largest absolute Gasteiger partial charge is 0.462 e. The second-order valence-corrected chi connectivity index (χ2v) is 3.58. The van der Waals surface area contributed by atoms with Crippen LogP contribution in [-0.2, 0) is 14.3 Å². The minimum absolute atomic E-state index is 0.347. The number of amides is 1. The van der Waals surface area contributed by atoms with Crippen LogP contribution in [0, 0.1) is 0 Å². The molecule has 0 saturated carbocycles. The Hall–Kier alpha value is -1.06. The number of ether oxygens (including phenoxy) is 1. The number of methoxy groups -OCH3 is 1. The number of hydrogen-bond donors (Lipinski definition) is 1. The quantitative estimate of drug-likeness (QED) is 0.526. The van der Waals surface area contributed by atoms with Gasteiger partial charge in [0.05, 0.1) is 7.11 Å². The first kappa shape index (κ1) is 11.9. The molecular formula is C9H17NO3. The summed E-state index contributed by atoms with van der Waals surface area (Å²) in [4.78, 5) is 21.8. The molecule has 76 valence electrons. The van der Waals surface area contributed by atoms with E-state index in [1.165, 1.54) is 7.11 Å². The lowest BCUT2D eigenvalue weighted by atomic mass is 9.99. The van der Waals surface area contributed by atoms with Crippen molar-refractivity contribution in [3.8, 4) is 0 Å². The monoisotopic (exact) mass is 187 g/mol. The molecule has 1 amide bonds. The molecule has 0 spiro atoms. The summed E-state index contributed by atoms with van der Waals surface area (Å²) in [5, 5.41) is 2.59. The van der Waals surface area contributed by atoms with Crippen LogP contribution >= 0.6 is 0 Å². The normalized spacial score (nSPS) is 10.8. The molecule has 0 bridgehead atoms. The van der Waals surface area contributed by atoms with Crippen LogP contribution in [-0.4, -0.2) is 24.5 Å². The van der Waals surface area contributed by atoms with Crippen molar-refractivity contribution < 1.29 is 14.3 Å². The van der Waals surface area contributed by atoms with Crippen molar-refractivity contribution in [2.45, 2.75) is 39.2 Å². The highest BCUT2D eigenvalue weighted by Crippen LogP contribution is 2.10. The molecule has 0 aliphatic rings. The lowest BCUT2D eigenvalue weighted by Gasteiger charge is -2.24. The van der Waals surface area contributed by atoms with Crippen LogP contribution in [0.5, 0.6) is 0 Å². The van der Waals surface area contributed by atoms with Crippen molar-refractivity contribution in [2.75, 3.05) is 7.11 Å². The highest BCUT2D eigenvalue weighted by molar-refractivity contribution is 6.32. The number of rotatable bonds is 3. The number of carbonyl (C=O) groups is 2. The average molecular weight is 187 g/mol. The molecule has 13 heavy (non-hydrogen) atoms. The van der Waals surface area contributed by atoms with Gasteiger partial charge in [-0.15, -0.1) is 0 Å². The lowest BCUT2D eigenvalue weighted by Crippen LogP contribution is -2.46. The maximum absolute atomic E-state index is 11.1. The van der Waals surface area contributed by atoms with Crippen LogP contribution in [0.2, 0.25) is 0 Å². The topological polar surface area (TPSA) is 55.4 Å². The second kappa shape index (κ2) is 4.84. The summed E-state index contributed by atoms with van der Waals surface area (Å²) in [6.07, 6.45) is 1.78. The third-order valence-electron chi connectivity index (χ3n) is 1.70. The number of esters is 1. The van der Waals surface area contributed by atoms with E-state index in [9.17, 15) is 9.59 Å². The van der Waals surface area contributed by atoms with E-state index in [-0.39, 0.29) is 5.54 Å². The molecule has 1 N–H and O–H groups in total. The highest BCUT2D eigenvalue weighted by Gasteiger charge is 2.23. The van der Waals surface area contributed by atoms with Crippen LogP contribution in [0.15, 0.2) is 0 Å². The van der Waals surface area contributed by atoms with Gasteiger partial charge in [-0.3, -0.25) is 4.79 Å². The zero-order valence-electron chi connectivity index (χ0n) is 8.64. The van der Waals surface area contributed by atoms with Gasteiger partial charge in [0.1, 0.15) is 0 Å². The summed E-state index contributed by atoms with van der Waals surface area (Å²) in [6, 6.07) is 0. The Morgan fingerprint density at radius 1 is 1.38 bits per heavy atom. The van der Waals surface area contributed by atoms with Gasteiger partial charge in [-0.05, 0) is 20.3 Å². The average Bonchev–Trinajstić information content (AvgIpc) is 2.01. The molecule has 0 fully saturated rings. The first-order chi connectivity index (χ1) is 5.93. The van der Waals surface area contributed by atoms with Gasteiger partial charge in [-0.2, -0.15) is 0 Å². The van der Waals surface area contributed by atoms with Gasteiger partial charge in [0.25, 0.3) is 0 Å². The van der Waals surface area contributed by atoms with Gasteiger partial charge in [0, 0.05) is 5.54 Å². The maximum Gasteiger partial charge on any atom is 0.396 e. The van der Waals surface area contributed by atoms with Crippen molar-refractivity contribution in [3.05, 3.63) is 0 Å². The number of nitrogens with one attached hydrogen (secondary N) is 1. The van der Waals surface area contributed by atoms with Crippen molar-refractivity contribution in [1.29, 1.82) is 0 Å². The Kier molecular flexibility index (Phi) is 4.45. The predicted molar refractivity (Wildman–Crippen MR) is 49.1 cm³/mol. The van der Waals surface area contributed by atoms with E-state index in [1.54, 1.807) is 0 Å². The molecular weight excluding hydrogens is 170 g/mol. The lowest BCUT2D eigenvalue weighted by molar-refractivity contribution is -0.153. The summed E-state index contributed by atoms with van der Waals surface area (Å²) >= 11 is 0. The zero-order valence-corrected chi connectivity index (χ0v) is 8.64. The molecule has 0 aliphatic heterocycles. The summed E-state index contributed by atoms with van der Waals surface area (Å²) in [6.45, 7) is 5.76. The van der Waals surface area contributed by atoms with E-state index < -0.39 is 11.9 Å². The summed E-state index contributed by atoms with van der Waals surface area (Å²) in [7, 11) is 1.19. The van der Waals surface area contributed by atoms with E-state index in [0.717, 1.165) is 12.8 Å². The van der Waals surface area contributed by atoms with Crippen molar-refractivity contribution in [2.24, 2.45) is 0 Å². The fraction of sp³-hybridized carbons (Fsp3) is 0.778. The van der Waals surface area contributed by atoms with Crippen molar-refractivity contribution in [3.63, 3.8) is 0 Å². The number of carbonyl (C=O) groups excluding carboxylic acids is 2. The molecule has 0 radical (unpaired) electrons. The fourth-order valence-corrected chi connectivity index (χ4v) is 1.14. The molecule has 0 saturated heterocycles.